The number of ether oxygens (including phenoxy) is 1. The second kappa shape index (κ2) is 6.17. The van der Waals surface area contributed by atoms with E-state index in [1.807, 2.05) is 0 Å². The van der Waals surface area contributed by atoms with E-state index in [-0.39, 0.29) is 5.60 Å². The molecule has 3 rings (SSSR count). The molecule has 2 heteroatoms. The Kier molecular flexibility index (Phi) is 4.27. The fourth-order valence-corrected chi connectivity index (χ4v) is 3.69. The van der Waals surface area contributed by atoms with E-state index in [0.29, 0.717) is 6.42 Å². The number of hydrogen-bond acceptors (Lipinski definition) is 2. The lowest BCUT2D eigenvalue weighted by Gasteiger charge is -2.40. The van der Waals surface area contributed by atoms with E-state index in [4.69, 9.17) is 4.74 Å². The summed E-state index contributed by atoms with van der Waals surface area (Å²) in [5.41, 5.74) is 0.859. The molecule has 1 aliphatic rings. The first-order valence-electron chi connectivity index (χ1n) is 7.95. The van der Waals surface area contributed by atoms with Crippen LogP contribution in [-0.2, 0) is 11.2 Å². The summed E-state index contributed by atoms with van der Waals surface area (Å²) < 4.78 is 5.77. The van der Waals surface area contributed by atoms with Crippen molar-refractivity contribution in [1.82, 2.24) is 0 Å². The van der Waals surface area contributed by atoms with E-state index < -0.39 is 6.10 Å². The first-order chi connectivity index (χ1) is 10.2. The summed E-state index contributed by atoms with van der Waals surface area (Å²) in [6, 6.07) is 14.7. The van der Waals surface area contributed by atoms with E-state index in [9.17, 15) is 5.11 Å². The molecule has 0 radical (unpaired) electrons. The van der Waals surface area contributed by atoms with Gasteiger partial charge in [0.05, 0.1) is 11.7 Å². The summed E-state index contributed by atoms with van der Waals surface area (Å²) in [7, 11) is 1.75. The van der Waals surface area contributed by atoms with Gasteiger partial charge >= 0.3 is 0 Å². The van der Waals surface area contributed by atoms with Crippen molar-refractivity contribution >= 4 is 10.8 Å². The number of benzene rings is 2. The highest BCUT2D eigenvalue weighted by Crippen LogP contribution is 2.36. The largest absolute Gasteiger partial charge is 0.390 e. The lowest BCUT2D eigenvalue weighted by Crippen LogP contribution is -2.46. The Labute approximate surface area is 126 Å². The van der Waals surface area contributed by atoms with Gasteiger partial charge < -0.3 is 9.84 Å². The van der Waals surface area contributed by atoms with E-state index in [1.54, 1.807) is 7.11 Å². The minimum atomic E-state index is -0.436. The molecule has 2 aromatic rings. The predicted octanol–water partition coefficient (Wildman–Crippen LogP) is 4.09. The van der Waals surface area contributed by atoms with E-state index in [0.717, 1.165) is 25.7 Å². The lowest BCUT2D eigenvalue weighted by atomic mass is 9.78. The minimum Gasteiger partial charge on any atom is -0.390 e. The summed E-state index contributed by atoms with van der Waals surface area (Å²) >= 11 is 0. The van der Waals surface area contributed by atoms with E-state index >= 15 is 0 Å². The van der Waals surface area contributed by atoms with Crippen LogP contribution in [0.2, 0.25) is 0 Å². The third-order valence-corrected chi connectivity index (χ3v) is 5.01. The van der Waals surface area contributed by atoms with Gasteiger partial charge in [-0.15, -0.1) is 0 Å². The number of aliphatic hydroxyl groups is 1. The summed E-state index contributed by atoms with van der Waals surface area (Å²) in [5, 5.41) is 13.3. The first kappa shape index (κ1) is 14.6. The van der Waals surface area contributed by atoms with Crippen LogP contribution in [0.4, 0.5) is 0 Å². The highest BCUT2D eigenvalue weighted by Gasteiger charge is 2.39. The molecule has 1 aliphatic carbocycles. The van der Waals surface area contributed by atoms with Crippen molar-refractivity contribution < 1.29 is 9.84 Å². The Bertz CT molecular complexity index is 594. The average Bonchev–Trinajstić information content (AvgIpc) is 2.56. The number of aliphatic hydroxyl groups excluding tert-OH is 1. The van der Waals surface area contributed by atoms with E-state index in [1.165, 1.54) is 22.8 Å². The molecule has 112 valence electrons. The van der Waals surface area contributed by atoms with Gasteiger partial charge in [0.15, 0.2) is 0 Å². The molecule has 0 aromatic heterocycles. The Morgan fingerprint density at radius 2 is 1.76 bits per heavy atom. The normalized spacial score (nSPS) is 19.5. The summed E-state index contributed by atoms with van der Waals surface area (Å²) in [5.74, 6) is 0. The zero-order chi connectivity index (χ0) is 14.7. The quantitative estimate of drug-likeness (QED) is 0.916. The van der Waals surface area contributed by atoms with Crippen LogP contribution < -0.4 is 0 Å². The minimum absolute atomic E-state index is 0.352. The van der Waals surface area contributed by atoms with Gasteiger partial charge in [-0.3, -0.25) is 0 Å². The lowest BCUT2D eigenvalue weighted by molar-refractivity contribution is -0.122. The highest BCUT2D eigenvalue weighted by atomic mass is 16.5. The van der Waals surface area contributed by atoms with Crippen LogP contribution >= 0.6 is 0 Å². The molecular formula is C19H24O2. The number of hydrogen-bond donors (Lipinski definition) is 1. The van der Waals surface area contributed by atoms with Gasteiger partial charge in [0, 0.05) is 13.5 Å². The van der Waals surface area contributed by atoms with Gasteiger partial charge in [0.25, 0.3) is 0 Å². The molecule has 0 bridgehead atoms. The standard InChI is InChI=1S/C19H24O2/c1-21-19(12-5-2-6-13-19)18(20)14-16-10-7-9-15-8-3-4-11-17(15)16/h3-4,7-11,18,20H,2,5-6,12-14H2,1H3. The van der Waals surface area contributed by atoms with Crippen LogP contribution in [0.5, 0.6) is 0 Å². The van der Waals surface area contributed by atoms with Crippen LogP contribution in [0.3, 0.4) is 0 Å². The Morgan fingerprint density at radius 1 is 1.05 bits per heavy atom. The van der Waals surface area contributed by atoms with Gasteiger partial charge in [-0.1, -0.05) is 61.7 Å². The Hall–Kier alpha value is -1.38. The van der Waals surface area contributed by atoms with Crippen molar-refractivity contribution in [3.8, 4) is 0 Å². The fourth-order valence-electron chi connectivity index (χ4n) is 3.69. The maximum absolute atomic E-state index is 10.8. The second-order valence-electron chi connectivity index (χ2n) is 6.19. The van der Waals surface area contributed by atoms with Crippen molar-refractivity contribution in [2.45, 2.75) is 50.2 Å². The van der Waals surface area contributed by atoms with Crippen LogP contribution in [0.1, 0.15) is 37.7 Å². The van der Waals surface area contributed by atoms with Gasteiger partial charge in [-0.05, 0) is 29.2 Å². The third-order valence-electron chi connectivity index (χ3n) is 5.01. The van der Waals surface area contributed by atoms with Gasteiger partial charge in [-0.25, -0.2) is 0 Å². The molecule has 21 heavy (non-hydrogen) atoms. The zero-order valence-electron chi connectivity index (χ0n) is 12.7. The van der Waals surface area contributed by atoms with Crippen molar-refractivity contribution in [1.29, 1.82) is 0 Å². The SMILES string of the molecule is COC1(C(O)Cc2cccc3ccccc23)CCCCC1. The average molecular weight is 284 g/mol. The topological polar surface area (TPSA) is 29.5 Å². The van der Waals surface area contributed by atoms with Gasteiger partial charge in [0.1, 0.15) is 0 Å². The van der Waals surface area contributed by atoms with Crippen LogP contribution in [0.25, 0.3) is 10.8 Å². The molecular weight excluding hydrogens is 260 g/mol. The van der Waals surface area contributed by atoms with Crippen molar-refractivity contribution in [2.75, 3.05) is 7.11 Å². The number of methoxy groups -OCH3 is 1. The molecule has 1 saturated carbocycles. The monoisotopic (exact) mass is 284 g/mol. The van der Waals surface area contributed by atoms with Crippen LogP contribution in [0, 0.1) is 0 Å². The molecule has 0 saturated heterocycles. The van der Waals surface area contributed by atoms with E-state index in [2.05, 4.69) is 42.5 Å². The first-order valence-corrected chi connectivity index (χ1v) is 7.95. The van der Waals surface area contributed by atoms with Gasteiger partial charge in [-0.2, -0.15) is 0 Å². The zero-order valence-corrected chi connectivity index (χ0v) is 12.7. The maximum Gasteiger partial charge on any atom is 0.0939 e. The van der Waals surface area contributed by atoms with Crippen LogP contribution in [-0.4, -0.2) is 23.9 Å². The molecule has 1 unspecified atom stereocenters. The molecule has 1 fully saturated rings. The van der Waals surface area contributed by atoms with Gasteiger partial charge in [0.2, 0.25) is 0 Å². The molecule has 1 N–H and O–H groups in total. The molecule has 0 spiro atoms. The molecule has 1 atom stereocenters. The van der Waals surface area contributed by atoms with Crippen molar-refractivity contribution in [2.24, 2.45) is 0 Å². The highest BCUT2D eigenvalue weighted by molar-refractivity contribution is 5.85. The molecule has 0 heterocycles. The summed E-state index contributed by atoms with van der Waals surface area (Å²) in [4.78, 5) is 0. The fraction of sp³-hybridized carbons (Fsp3) is 0.474. The summed E-state index contributed by atoms with van der Waals surface area (Å²) in [6.07, 6.45) is 5.72. The second-order valence-corrected chi connectivity index (χ2v) is 6.19. The number of rotatable bonds is 4. The number of fused-ring (bicyclic) bond motifs is 1. The molecule has 2 aromatic carbocycles. The molecule has 0 amide bonds. The third kappa shape index (κ3) is 2.83. The molecule has 0 aliphatic heterocycles. The van der Waals surface area contributed by atoms with Crippen molar-refractivity contribution in [3.05, 3.63) is 48.0 Å². The Morgan fingerprint density at radius 3 is 2.52 bits per heavy atom. The predicted molar refractivity (Wildman–Crippen MR) is 86.5 cm³/mol. The maximum atomic E-state index is 10.8. The molecule has 2 nitrogen and oxygen atoms in total. The van der Waals surface area contributed by atoms with Crippen LogP contribution in [0.15, 0.2) is 42.5 Å². The van der Waals surface area contributed by atoms with Crippen molar-refractivity contribution in [3.63, 3.8) is 0 Å². The summed E-state index contributed by atoms with van der Waals surface area (Å²) in [6.45, 7) is 0. The smallest absolute Gasteiger partial charge is 0.0939 e. The Balaban J connectivity index is 1.87.